The topological polar surface area (TPSA) is 59.1 Å². The van der Waals surface area contributed by atoms with Crippen molar-refractivity contribution in [3.05, 3.63) is 0 Å². The second-order valence-corrected chi connectivity index (χ2v) is 8.88. The van der Waals surface area contributed by atoms with Crippen molar-refractivity contribution in [2.45, 2.75) is 81.9 Å². The smallest absolute Gasteiger partial charge is 0.254 e. The van der Waals surface area contributed by atoms with E-state index in [-0.39, 0.29) is 29.5 Å². The second-order valence-electron chi connectivity index (χ2n) is 8.88. The fourth-order valence-corrected chi connectivity index (χ4v) is 5.31. The van der Waals surface area contributed by atoms with Gasteiger partial charge in [0.15, 0.2) is 6.10 Å². The summed E-state index contributed by atoms with van der Waals surface area (Å²) in [5, 5.41) is 0. The number of carbonyl (C=O) groups is 2. The zero-order valence-corrected chi connectivity index (χ0v) is 16.7. The lowest BCUT2D eigenvalue weighted by atomic mass is 9.68. The van der Waals surface area contributed by atoms with Crippen LogP contribution in [-0.2, 0) is 19.1 Å². The molecule has 4 fully saturated rings. The Morgan fingerprint density at radius 3 is 2.44 bits per heavy atom. The zero-order valence-electron chi connectivity index (χ0n) is 16.7. The Kier molecular flexibility index (Phi) is 5.74. The fourth-order valence-electron chi connectivity index (χ4n) is 5.31. The van der Waals surface area contributed by atoms with Gasteiger partial charge in [0, 0.05) is 26.2 Å². The molecule has 0 aromatic heterocycles. The molecule has 2 aliphatic carbocycles. The molecule has 2 amide bonds. The predicted octanol–water partition coefficient (Wildman–Crippen LogP) is 2.35. The molecule has 1 atom stereocenters. The van der Waals surface area contributed by atoms with Gasteiger partial charge in [-0.15, -0.1) is 0 Å². The highest BCUT2D eigenvalue weighted by atomic mass is 16.5. The number of hydrogen-bond donors (Lipinski definition) is 0. The molecule has 0 aromatic carbocycles. The molecule has 0 radical (unpaired) electrons. The van der Waals surface area contributed by atoms with Crippen LogP contribution in [0.5, 0.6) is 0 Å². The molecule has 2 aliphatic heterocycles. The molecule has 0 N–H and O–H groups in total. The van der Waals surface area contributed by atoms with Gasteiger partial charge < -0.3 is 19.3 Å². The van der Waals surface area contributed by atoms with E-state index in [1.807, 2.05) is 4.90 Å². The summed E-state index contributed by atoms with van der Waals surface area (Å²) in [6, 6.07) is 0.267. The molecule has 4 rings (SSSR count). The summed E-state index contributed by atoms with van der Waals surface area (Å²) in [6.45, 7) is 2.74. The number of methoxy groups -OCH3 is 1. The van der Waals surface area contributed by atoms with Gasteiger partial charge in [0.2, 0.25) is 5.91 Å². The largest absolute Gasteiger partial charge is 0.384 e. The lowest BCUT2D eigenvalue weighted by Gasteiger charge is -2.62. The Hall–Kier alpha value is -1.14. The number of piperidine rings is 1. The lowest BCUT2D eigenvalue weighted by molar-refractivity contribution is -0.211. The van der Waals surface area contributed by atoms with Crippen LogP contribution in [0.25, 0.3) is 0 Å². The highest BCUT2D eigenvalue weighted by molar-refractivity contribution is 5.91. The summed E-state index contributed by atoms with van der Waals surface area (Å²) in [5.41, 5.74) is -0.0584. The maximum atomic E-state index is 13.0. The van der Waals surface area contributed by atoms with Crippen molar-refractivity contribution in [2.75, 3.05) is 33.4 Å². The summed E-state index contributed by atoms with van der Waals surface area (Å²) in [6.07, 6.45) is 10.4. The molecule has 2 saturated carbocycles. The first-order valence-corrected chi connectivity index (χ1v) is 10.9. The Morgan fingerprint density at radius 2 is 1.81 bits per heavy atom. The van der Waals surface area contributed by atoms with E-state index in [1.165, 1.54) is 32.1 Å². The highest BCUT2D eigenvalue weighted by Crippen LogP contribution is 2.48. The number of amides is 2. The van der Waals surface area contributed by atoms with E-state index in [0.717, 1.165) is 45.4 Å². The molecule has 0 bridgehead atoms. The number of β-lactam (4-membered cyclic amide) rings is 1. The van der Waals surface area contributed by atoms with Crippen molar-refractivity contribution in [1.82, 2.24) is 9.80 Å². The van der Waals surface area contributed by atoms with Crippen molar-refractivity contribution in [3.63, 3.8) is 0 Å². The third kappa shape index (κ3) is 3.75. The SMILES string of the molecule is COCCC(=O)N1CCC(N2C(=O)C(OCC3CC3)C23CCCCC3)CC1. The molecule has 1 spiro atoms. The number of nitrogens with zero attached hydrogens (tertiary/aromatic N) is 2. The van der Waals surface area contributed by atoms with Gasteiger partial charge in [-0.1, -0.05) is 19.3 Å². The minimum Gasteiger partial charge on any atom is -0.384 e. The molecule has 2 saturated heterocycles. The Bertz CT molecular complexity index is 548. The Balaban J connectivity index is 1.37. The van der Waals surface area contributed by atoms with E-state index in [4.69, 9.17) is 9.47 Å². The van der Waals surface area contributed by atoms with E-state index in [2.05, 4.69) is 4.90 Å². The Morgan fingerprint density at radius 1 is 1.11 bits per heavy atom. The summed E-state index contributed by atoms with van der Waals surface area (Å²) in [7, 11) is 1.63. The van der Waals surface area contributed by atoms with Crippen LogP contribution in [0.3, 0.4) is 0 Å². The van der Waals surface area contributed by atoms with E-state index in [1.54, 1.807) is 7.11 Å². The Labute approximate surface area is 162 Å². The maximum Gasteiger partial charge on any atom is 0.254 e. The van der Waals surface area contributed by atoms with Crippen molar-refractivity contribution in [2.24, 2.45) is 5.92 Å². The standard InChI is InChI=1S/C21H34N2O4/c1-26-14-9-18(24)22-12-7-17(8-13-22)23-20(25)19(27-15-16-5-6-16)21(23)10-3-2-4-11-21/h16-17,19H,2-15H2,1H3. The van der Waals surface area contributed by atoms with Crippen LogP contribution in [0.15, 0.2) is 0 Å². The summed E-state index contributed by atoms with van der Waals surface area (Å²) in [5.74, 6) is 1.07. The molecular formula is C21H34N2O4. The van der Waals surface area contributed by atoms with Gasteiger partial charge in [-0.2, -0.15) is 0 Å². The van der Waals surface area contributed by atoms with Crippen LogP contribution >= 0.6 is 0 Å². The molecule has 6 heteroatoms. The average Bonchev–Trinajstić information content (AvgIpc) is 3.52. The molecule has 27 heavy (non-hydrogen) atoms. The van der Waals surface area contributed by atoms with Gasteiger partial charge in [0.05, 0.1) is 25.2 Å². The summed E-state index contributed by atoms with van der Waals surface area (Å²) < 4.78 is 11.2. The zero-order chi connectivity index (χ0) is 18.9. The number of likely N-dealkylation sites (tertiary alicyclic amines) is 2. The third-order valence-corrected chi connectivity index (χ3v) is 7.05. The average molecular weight is 379 g/mol. The van der Waals surface area contributed by atoms with Crippen LogP contribution in [0.2, 0.25) is 0 Å². The van der Waals surface area contributed by atoms with Crippen LogP contribution in [0.4, 0.5) is 0 Å². The first kappa shape index (κ1) is 19.2. The molecular weight excluding hydrogens is 344 g/mol. The van der Waals surface area contributed by atoms with E-state index >= 15 is 0 Å². The van der Waals surface area contributed by atoms with Crippen molar-refractivity contribution in [3.8, 4) is 0 Å². The van der Waals surface area contributed by atoms with Crippen LogP contribution in [0.1, 0.15) is 64.2 Å². The van der Waals surface area contributed by atoms with Crippen LogP contribution in [0, 0.1) is 5.92 Å². The van der Waals surface area contributed by atoms with Crippen LogP contribution in [-0.4, -0.2) is 72.7 Å². The molecule has 1 unspecified atom stereocenters. The van der Waals surface area contributed by atoms with Crippen molar-refractivity contribution >= 4 is 11.8 Å². The lowest BCUT2D eigenvalue weighted by Crippen LogP contribution is -2.78. The molecule has 2 heterocycles. The van der Waals surface area contributed by atoms with Gasteiger partial charge in [0.25, 0.3) is 5.91 Å². The minimum atomic E-state index is -0.209. The van der Waals surface area contributed by atoms with Crippen LogP contribution < -0.4 is 0 Å². The van der Waals surface area contributed by atoms with Gasteiger partial charge in [-0.25, -0.2) is 0 Å². The van der Waals surface area contributed by atoms with Crippen molar-refractivity contribution in [1.29, 1.82) is 0 Å². The third-order valence-electron chi connectivity index (χ3n) is 7.05. The number of hydrogen-bond acceptors (Lipinski definition) is 4. The molecule has 4 aliphatic rings. The monoisotopic (exact) mass is 378 g/mol. The van der Waals surface area contributed by atoms with Gasteiger partial charge in [-0.05, 0) is 44.4 Å². The second kappa shape index (κ2) is 8.08. The van der Waals surface area contributed by atoms with E-state index in [9.17, 15) is 9.59 Å². The van der Waals surface area contributed by atoms with Gasteiger partial charge >= 0.3 is 0 Å². The fraction of sp³-hybridized carbons (Fsp3) is 0.905. The van der Waals surface area contributed by atoms with Gasteiger partial charge in [-0.3, -0.25) is 9.59 Å². The normalized spacial score (nSPS) is 28.5. The first-order valence-electron chi connectivity index (χ1n) is 10.9. The van der Waals surface area contributed by atoms with E-state index in [0.29, 0.717) is 18.9 Å². The molecule has 6 nitrogen and oxygen atoms in total. The highest BCUT2D eigenvalue weighted by Gasteiger charge is 2.62. The number of rotatable bonds is 7. The first-order chi connectivity index (χ1) is 13.2. The van der Waals surface area contributed by atoms with Crippen molar-refractivity contribution < 1.29 is 19.1 Å². The molecule has 152 valence electrons. The summed E-state index contributed by atoms with van der Waals surface area (Å²) in [4.78, 5) is 29.4. The number of carbonyl (C=O) groups excluding carboxylic acids is 2. The van der Waals surface area contributed by atoms with Gasteiger partial charge in [0.1, 0.15) is 0 Å². The minimum absolute atomic E-state index is 0.0584. The predicted molar refractivity (Wildman–Crippen MR) is 101 cm³/mol. The number of ether oxygens (including phenoxy) is 2. The molecule has 0 aromatic rings. The quantitative estimate of drug-likeness (QED) is 0.638. The summed E-state index contributed by atoms with van der Waals surface area (Å²) >= 11 is 0. The maximum absolute atomic E-state index is 13.0. The van der Waals surface area contributed by atoms with E-state index < -0.39 is 0 Å².